The number of esters is 1. The van der Waals surface area contributed by atoms with Crippen LogP contribution in [0.5, 0.6) is 11.5 Å². The van der Waals surface area contributed by atoms with Gasteiger partial charge < -0.3 is 14.2 Å². The van der Waals surface area contributed by atoms with Gasteiger partial charge in [0.05, 0.1) is 17.9 Å². The topological polar surface area (TPSA) is 77.4 Å². The lowest BCUT2D eigenvalue weighted by atomic mass is 9.95. The van der Waals surface area contributed by atoms with Gasteiger partial charge in [-0.05, 0) is 31.5 Å². The monoisotopic (exact) mass is 360 g/mol. The largest absolute Gasteiger partial charge is 0.463 e. The molecule has 0 spiro atoms. The van der Waals surface area contributed by atoms with Crippen molar-refractivity contribution in [2.24, 2.45) is 4.99 Å². The predicted octanol–water partition coefficient (Wildman–Crippen LogP) is 2.24. The van der Waals surface area contributed by atoms with Crippen LogP contribution in [0.4, 0.5) is 0 Å². The normalized spacial score (nSPS) is 21.4. The van der Waals surface area contributed by atoms with Gasteiger partial charge in [0.15, 0.2) is 16.7 Å². The van der Waals surface area contributed by atoms with E-state index in [1.54, 1.807) is 19.9 Å². The van der Waals surface area contributed by atoms with E-state index in [0.717, 1.165) is 5.56 Å². The molecule has 7 nitrogen and oxygen atoms in total. The lowest BCUT2D eigenvalue weighted by Gasteiger charge is -2.29. The third-order valence-corrected chi connectivity index (χ3v) is 5.15. The van der Waals surface area contributed by atoms with Gasteiger partial charge in [-0.15, -0.1) is 0 Å². The molecule has 0 saturated carbocycles. The molecule has 1 amide bonds. The quantitative estimate of drug-likeness (QED) is 0.770. The van der Waals surface area contributed by atoms with E-state index in [2.05, 4.69) is 4.99 Å². The summed E-state index contributed by atoms with van der Waals surface area (Å²) in [6, 6.07) is 4.93. The zero-order chi connectivity index (χ0) is 17.6. The number of nitrogens with zero attached hydrogens (tertiary/aromatic N) is 2. The number of carbonyl (C=O) groups is 2. The number of hydrogen-bond donors (Lipinski definition) is 0. The smallest absolute Gasteiger partial charge is 0.338 e. The molecule has 1 aromatic rings. The highest BCUT2D eigenvalue weighted by Crippen LogP contribution is 2.42. The minimum Gasteiger partial charge on any atom is -0.463 e. The van der Waals surface area contributed by atoms with E-state index in [1.807, 2.05) is 12.1 Å². The molecular weight excluding hydrogens is 344 g/mol. The standard InChI is InChI=1S/C17H16N2O5S/c1-3-22-16(21)14-9(2)19-13(20)7-25-17(19)18-15(14)10-4-5-11-12(6-10)24-8-23-11/h4-6,15H,3,7-8H2,1-2H3/t15-/m0/s1. The van der Waals surface area contributed by atoms with Gasteiger partial charge in [0, 0.05) is 5.70 Å². The van der Waals surface area contributed by atoms with Gasteiger partial charge in [0.25, 0.3) is 0 Å². The van der Waals surface area contributed by atoms with Crippen molar-refractivity contribution in [1.82, 2.24) is 4.90 Å². The summed E-state index contributed by atoms with van der Waals surface area (Å²) in [6.45, 7) is 3.93. The second-order valence-corrected chi connectivity index (χ2v) is 6.61. The van der Waals surface area contributed by atoms with E-state index in [1.165, 1.54) is 16.7 Å². The van der Waals surface area contributed by atoms with E-state index in [4.69, 9.17) is 14.2 Å². The number of aliphatic imine (C=N–C) groups is 1. The molecule has 1 fully saturated rings. The van der Waals surface area contributed by atoms with Crippen molar-refractivity contribution in [3.05, 3.63) is 35.0 Å². The summed E-state index contributed by atoms with van der Waals surface area (Å²) in [5, 5.41) is 0.609. The Kier molecular flexibility index (Phi) is 3.91. The fourth-order valence-corrected chi connectivity index (χ4v) is 4.00. The van der Waals surface area contributed by atoms with E-state index in [0.29, 0.717) is 33.7 Å². The van der Waals surface area contributed by atoms with Gasteiger partial charge in [-0.25, -0.2) is 9.79 Å². The summed E-state index contributed by atoms with van der Waals surface area (Å²) in [5.41, 5.74) is 1.74. The number of benzene rings is 1. The van der Waals surface area contributed by atoms with Gasteiger partial charge in [-0.1, -0.05) is 17.8 Å². The van der Waals surface area contributed by atoms with Crippen molar-refractivity contribution in [2.45, 2.75) is 19.9 Å². The summed E-state index contributed by atoms with van der Waals surface area (Å²) >= 11 is 1.37. The molecule has 25 heavy (non-hydrogen) atoms. The van der Waals surface area contributed by atoms with Gasteiger partial charge in [0.2, 0.25) is 12.7 Å². The van der Waals surface area contributed by atoms with Crippen LogP contribution in [0, 0.1) is 0 Å². The Morgan fingerprint density at radius 1 is 1.40 bits per heavy atom. The number of allylic oxidation sites excluding steroid dienone is 1. The minimum absolute atomic E-state index is 0.0767. The van der Waals surface area contributed by atoms with Gasteiger partial charge in [0.1, 0.15) is 6.04 Å². The molecule has 130 valence electrons. The number of ether oxygens (including phenoxy) is 3. The first-order valence-corrected chi connectivity index (χ1v) is 8.89. The van der Waals surface area contributed by atoms with Crippen molar-refractivity contribution < 1.29 is 23.8 Å². The zero-order valence-corrected chi connectivity index (χ0v) is 14.6. The number of hydrogen-bond acceptors (Lipinski definition) is 7. The van der Waals surface area contributed by atoms with Crippen LogP contribution in [0.15, 0.2) is 34.5 Å². The first kappa shape index (κ1) is 16.0. The minimum atomic E-state index is -0.543. The van der Waals surface area contributed by atoms with Crippen molar-refractivity contribution in [2.75, 3.05) is 19.2 Å². The summed E-state index contributed by atoms with van der Waals surface area (Å²) in [5.74, 6) is 1.07. The Labute approximate surface area is 148 Å². The van der Waals surface area contributed by atoms with Crippen LogP contribution in [0.1, 0.15) is 25.5 Å². The van der Waals surface area contributed by atoms with Crippen molar-refractivity contribution in [3.8, 4) is 11.5 Å². The van der Waals surface area contributed by atoms with Gasteiger partial charge in [-0.2, -0.15) is 0 Å². The Bertz CT molecular complexity index is 832. The lowest BCUT2D eigenvalue weighted by Crippen LogP contribution is -2.35. The van der Waals surface area contributed by atoms with Crippen molar-refractivity contribution >= 4 is 28.8 Å². The Morgan fingerprint density at radius 3 is 3.00 bits per heavy atom. The molecule has 0 unspecified atom stereocenters. The maximum absolute atomic E-state index is 12.6. The third-order valence-electron chi connectivity index (χ3n) is 4.21. The fourth-order valence-electron chi connectivity index (χ4n) is 3.07. The highest BCUT2D eigenvalue weighted by atomic mass is 32.2. The van der Waals surface area contributed by atoms with E-state index < -0.39 is 12.0 Å². The number of thioether (sulfide) groups is 1. The van der Waals surface area contributed by atoms with Crippen LogP contribution in [0.25, 0.3) is 0 Å². The lowest BCUT2D eigenvalue weighted by molar-refractivity contribution is -0.139. The molecule has 4 rings (SSSR count). The summed E-state index contributed by atoms with van der Waals surface area (Å²) in [7, 11) is 0. The maximum Gasteiger partial charge on any atom is 0.338 e. The fraction of sp³-hybridized carbons (Fsp3) is 0.353. The molecule has 3 heterocycles. The number of amidine groups is 1. The molecule has 0 N–H and O–H groups in total. The van der Waals surface area contributed by atoms with Crippen LogP contribution in [0.3, 0.4) is 0 Å². The molecule has 1 atom stereocenters. The molecule has 0 aliphatic carbocycles. The highest BCUT2D eigenvalue weighted by molar-refractivity contribution is 8.15. The van der Waals surface area contributed by atoms with Crippen LogP contribution in [0.2, 0.25) is 0 Å². The van der Waals surface area contributed by atoms with E-state index >= 15 is 0 Å². The molecule has 3 aliphatic rings. The van der Waals surface area contributed by atoms with Gasteiger partial charge in [-0.3, -0.25) is 9.69 Å². The number of rotatable bonds is 3. The van der Waals surface area contributed by atoms with Crippen LogP contribution in [-0.2, 0) is 14.3 Å². The molecule has 0 aromatic heterocycles. The second-order valence-electron chi connectivity index (χ2n) is 5.66. The first-order valence-electron chi connectivity index (χ1n) is 7.91. The van der Waals surface area contributed by atoms with Crippen LogP contribution >= 0.6 is 11.8 Å². The van der Waals surface area contributed by atoms with Crippen molar-refractivity contribution in [1.29, 1.82) is 0 Å². The summed E-state index contributed by atoms with van der Waals surface area (Å²) < 4.78 is 16.0. The summed E-state index contributed by atoms with van der Waals surface area (Å²) in [6.07, 6.45) is 0. The SMILES string of the molecule is CCOC(=O)C1=C(C)N2C(=O)CSC2=N[C@H]1c1ccc2c(c1)OCO2. The first-order chi connectivity index (χ1) is 12.1. The Hall–Kier alpha value is -2.48. The molecular formula is C17H16N2O5S. The molecule has 0 bridgehead atoms. The zero-order valence-electron chi connectivity index (χ0n) is 13.8. The third kappa shape index (κ3) is 2.57. The summed E-state index contributed by atoms with van der Waals surface area (Å²) in [4.78, 5) is 30.9. The van der Waals surface area contributed by atoms with Crippen LogP contribution < -0.4 is 9.47 Å². The predicted molar refractivity (Wildman–Crippen MR) is 91.4 cm³/mol. The molecule has 0 radical (unpaired) electrons. The number of amides is 1. The molecule has 1 aromatic carbocycles. The number of fused-ring (bicyclic) bond motifs is 2. The Balaban J connectivity index is 1.81. The molecule has 8 heteroatoms. The van der Waals surface area contributed by atoms with E-state index in [-0.39, 0.29) is 19.3 Å². The highest BCUT2D eigenvalue weighted by Gasteiger charge is 2.40. The Morgan fingerprint density at radius 2 is 2.20 bits per heavy atom. The van der Waals surface area contributed by atoms with E-state index in [9.17, 15) is 9.59 Å². The molecule has 1 saturated heterocycles. The average Bonchev–Trinajstić information content (AvgIpc) is 3.20. The van der Waals surface area contributed by atoms with Crippen LogP contribution in [-0.4, -0.2) is 41.1 Å². The maximum atomic E-state index is 12.6. The average molecular weight is 360 g/mol. The van der Waals surface area contributed by atoms with Gasteiger partial charge >= 0.3 is 5.97 Å². The second kappa shape index (κ2) is 6.11. The molecule has 3 aliphatic heterocycles. The van der Waals surface area contributed by atoms with Crippen molar-refractivity contribution in [3.63, 3.8) is 0 Å². The number of carbonyl (C=O) groups excluding carboxylic acids is 2.